The topological polar surface area (TPSA) is 49.0 Å². The number of morpholine rings is 1. The smallest absolute Gasteiger partial charge is 0.169 e. The number of hydrogen-bond donors (Lipinski definition) is 2. The van der Waals surface area contributed by atoms with Crippen LogP contribution in [0.4, 0.5) is 0 Å². The van der Waals surface area contributed by atoms with Gasteiger partial charge in [0.25, 0.3) is 0 Å². The Kier molecular flexibility index (Phi) is 8.78. The van der Waals surface area contributed by atoms with E-state index in [9.17, 15) is 0 Å². The van der Waals surface area contributed by atoms with Crippen molar-refractivity contribution >= 4 is 17.3 Å². The summed E-state index contributed by atoms with van der Waals surface area (Å²) < 4.78 is 11.1. The lowest BCUT2D eigenvalue weighted by atomic mass is 9.80. The number of nitrogens with zero attached hydrogens (tertiary/aromatic N) is 2. The monoisotopic (exact) mass is 462 g/mol. The highest BCUT2D eigenvalue weighted by molar-refractivity contribution is 7.80. The van der Waals surface area contributed by atoms with E-state index >= 15 is 0 Å². The summed E-state index contributed by atoms with van der Waals surface area (Å²) in [4.78, 5) is 4.80. The first-order valence-corrected chi connectivity index (χ1v) is 12.4. The molecule has 2 fully saturated rings. The maximum Gasteiger partial charge on any atom is 0.169 e. The molecule has 0 saturated carbocycles. The molecule has 32 heavy (non-hydrogen) atoms. The molecular formula is C25H42N4O2S. The van der Waals surface area contributed by atoms with Crippen LogP contribution in [0.5, 0.6) is 5.75 Å². The first-order chi connectivity index (χ1) is 15.2. The van der Waals surface area contributed by atoms with Crippen LogP contribution < -0.4 is 15.4 Å². The molecule has 1 aromatic carbocycles. The summed E-state index contributed by atoms with van der Waals surface area (Å²) in [6.45, 7) is 15.6. The van der Waals surface area contributed by atoms with Gasteiger partial charge in [-0.2, -0.15) is 0 Å². The average molecular weight is 463 g/mol. The zero-order valence-electron chi connectivity index (χ0n) is 20.6. The highest BCUT2D eigenvalue weighted by atomic mass is 32.1. The van der Waals surface area contributed by atoms with Gasteiger partial charge in [-0.15, -0.1) is 0 Å². The molecule has 0 bridgehead atoms. The highest BCUT2D eigenvalue weighted by Crippen LogP contribution is 2.29. The van der Waals surface area contributed by atoms with E-state index in [-0.39, 0.29) is 11.1 Å². The largest absolute Gasteiger partial charge is 0.496 e. The molecule has 0 aliphatic carbocycles. The van der Waals surface area contributed by atoms with Crippen LogP contribution in [0.25, 0.3) is 0 Å². The van der Waals surface area contributed by atoms with Gasteiger partial charge < -0.3 is 25.0 Å². The quantitative estimate of drug-likeness (QED) is 0.574. The molecule has 0 unspecified atom stereocenters. The fourth-order valence-corrected chi connectivity index (χ4v) is 5.61. The fraction of sp³-hybridized carbons (Fsp3) is 0.720. The van der Waals surface area contributed by atoms with Crippen LogP contribution >= 0.6 is 12.2 Å². The summed E-state index contributed by atoms with van der Waals surface area (Å²) in [7, 11) is 1.73. The Labute approximate surface area is 200 Å². The molecular weight excluding hydrogens is 420 g/mol. The maximum absolute atomic E-state index is 5.97. The van der Waals surface area contributed by atoms with Crippen LogP contribution in [0.1, 0.15) is 52.5 Å². The Bertz CT molecular complexity index is 733. The zero-order valence-corrected chi connectivity index (χ0v) is 21.4. The summed E-state index contributed by atoms with van der Waals surface area (Å²) in [6, 6.07) is 8.59. The van der Waals surface area contributed by atoms with E-state index in [1.807, 2.05) is 12.1 Å². The lowest BCUT2D eigenvalue weighted by Crippen LogP contribution is -2.62. The number of nitrogens with one attached hydrogen (secondary N) is 2. The number of piperidine rings is 1. The van der Waals surface area contributed by atoms with Crippen molar-refractivity contribution < 1.29 is 9.47 Å². The van der Waals surface area contributed by atoms with E-state index in [4.69, 9.17) is 21.7 Å². The Morgan fingerprint density at radius 1 is 1.19 bits per heavy atom. The third-order valence-corrected chi connectivity index (χ3v) is 6.74. The number of benzene rings is 1. The van der Waals surface area contributed by atoms with Gasteiger partial charge in [0.15, 0.2) is 5.11 Å². The average Bonchev–Trinajstić information content (AvgIpc) is 2.71. The lowest BCUT2D eigenvalue weighted by molar-refractivity contribution is 0.0367. The van der Waals surface area contributed by atoms with E-state index in [1.54, 1.807) is 7.11 Å². The van der Waals surface area contributed by atoms with Crippen LogP contribution in [0.3, 0.4) is 0 Å². The van der Waals surface area contributed by atoms with Gasteiger partial charge in [-0.25, -0.2) is 0 Å². The summed E-state index contributed by atoms with van der Waals surface area (Å²) in [5.41, 5.74) is 1.33. The van der Waals surface area contributed by atoms with Crippen molar-refractivity contribution in [2.45, 2.75) is 70.6 Å². The number of para-hydroxylation sites is 1. The molecule has 2 N–H and O–H groups in total. The van der Waals surface area contributed by atoms with Crippen LogP contribution in [0.2, 0.25) is 0 Å². The van der Waals surface area contributed by atoms with Gasteiger partial charge in [0.05, 0.1) is 20.3 Å². The van der Waals surface area contributed by atoms with Crippen LogP contribution in [0.15, 0.2) is 24.3 Å². The summed E-state index contributed by atoms with van der Waals surface area (Å²) in [6.07, 6.45) is 3.17. The summed E-state index contributed by atoms with van der Waals surface area (Å²) in [5, 5.41) is 8.32. The Morgan fingerprint density at radius 2 is 1.84 bits per heavy atom. The van der Waals surface area contributed by atoms with Crippen molar-refractivity contribution in [1.82, 2.24) is 20.4 Å². The molecule has 2 aliphatic heterocycles. The Hall–Kier alpha value is -1.41. The van der Waals surface area contributed by atoms with Gasteiger partial charge in [0.1, 0.15) is 5.75 Å². The Morgan fingerprint density at radius 3 is 2.50 bits per heavy atom. The molecule has 0 amide bonds. The minimum absolute atomic E-state index is 0.0822. The molecule has 2 aliphatic rings. The van der Waals surface area contributed by atoms with Crippen molar-refractivity contribution in [2.75, 3.05) is 46.5 Å². The predicted molar refractivity (Wildman–Crippen MR) is 135 cm³/mol. The first-order valence-electron chi connectivity index (χ1n) is 11.9. The van der Waals surface area contributed by atoms with Gasteiger partial charge in [0, 0.05) is 55.4 Å². The molecule has 0 atom stereocenters. The van der Waals surface area contributed by atoms with E-state index in [2.05, 4.69) is 60.3 Å². The molecule has 2 heterocycles. The molecule has 0 spiro atoms. The van der Waals surface area contributed by atoms with Crippen molar-refractivity contribution in [2.24, 2.45) is 0 Å². The normalized spacial score (nSPS) is 21.2. The molecule has 3 rings (SSSR count). The first kappa shape index (κ1) is 25.2. The standard InChI is InChI=1S/C25H42N4O2S/c1-24(2)17-21(18-25(3,4)27-24)26-23(32)29(12-8-11-28-13-15-31-16-14-28)19-20-9-6-7-10-22(20)30-5/h6-7,9-10,21,27H,8,11-19H2,1-5H3,(H,26,32). The van der Waals surface area contributed by atoms with Crippen LogP contribution in [-0.4, -0.2) is 78.5 Å². The molecule has 0 radical (unpaired) electrons. The minimum atomic E-state index is 0.0822. The van der Waals surface area contributed by atoms with Crippen LogP contribution in [-0.2, 0) is 11.3 Å². The van der Waals surface area contributed by atoms with Gasteiger partial charge in [-0.1, -0.05) is 18.2 Å². The summed E-state index contributed by atoms with van der Waals surface area (Å²) in [5.74, 6) is 0.914. The molecule has 7 heteroatoms. The second kappa shape index (κ2) is 11.1. The van der Waals surface area contributed by atoms with Crippen molar-refractivity contribution in [3.05, 3.63) is 29.8 Å². The van der Waals surface area contributed by atoms with Crippen molar-refractivity contribution in [3.8, 4) is 5.75 Å². The Balaban J connectivity index is 1.66. The van der Waals surface area contributed by atoms with Gasteiger partial charge >= 0.3 is 0 Å². The van der Waals surface area contributed by atoms with E-state index in [1.165, 1.54) is 0 Å². The van der Waals surface area contributed by atoms with Crippen molar-refractivity contribution in [1.29, 1.82) is 0 Å². The van der Waals surface area contributed by atoms with E-state index in [0.29, 0.717) is 6.04 Å². The van der Waals surface area contributed by atoms with E-state index < -0.39 is 0 Å². The zero-order chi connectivity index (χ0) is 23.2. The number of hydrogen-bond acceptors (Lipinski definition) is 5. The second-order valence-corrected chi connectivity index (χ2v) is 10.9. The van der Waals surface area contributed by atoms with E-state index in [0.717, 1.165) is 81.6 Å². The SMILES string of the molecule is COc1ccccc1CN(CCCN1CCOCC1)C(=S)NC1CC(C)(C)NC(C)(C)C1. The number of thiocarbonyl (C=S) groups is 1. The van der Waals surface area contributed by atoms with Crippen LogP contribution in [0, 0.1) is 0 Å². The second-order valence-electron chi connectivity index (χ2n) is 10.5. The van der Waals surface area contributed by atoms with Crippen molar-refractivity contribution in [3.63, 3.8) is 0 Å². The highest BCUT2D eigenvalue weighted by Gasteiger charge is 2.38. The van der Waals surface area contributed by atoms with Gasteiger partial charge in [-0.3, -0.25) is 4.90 Å². The molecule has 6 nitrogen and oxygen atoms in total. The number of rotatable bonds is 8. The third kappa shape index (κ3) is 7.58. The van der Waals surface area contributed by atoms with Gasteiger partial charge in [-0.05, 0) is 65.2 Å². The third-order valence-electron chi connectivity index (χ3n) is 6.36. The number of ether oxygens (including phenoxy) is 2. The predicted octanol–water partition coefficient (Wildman–Crippen LogP) is 3.40. The minimum Gasteiger partial charge on any atom is -0.496 e. The maximum atomic E-state index is 5.97. The molecule has 2 saturated heterocycles. The lowest BCUT2D eigenvalue weighted by Gasteiger charge is -2.47. The summed E-state index contributed by atoms with van der Waals surface area (Å²) >= 11 is 5.97. The molecule has 1 aromatic rings. The number of methoxy groups -OCH3 is 1. The van der Waals surface area contributed by atoms with Gasteiger partial charge in [0.2, 0.25) is 0 Å². The fourth-order valence-electron chi connectivity index (χ4n) is 5.29. The molecule has 180 valence electrons. The molecule has 0 aromatic heterocycles.